The van der Waals surface area contributed by atoms with Crippen molar-refractivity contribution in [3.63, 3.8) is 0 Å². The number of hydrogen-bond acceptors (Lipinski definition) is 7. The molecule has 9 heteroatoms. The molecule has 1 fully saturated rings. The van der Waals surface area contributed by atoms with E-state index < -0.39 is 0 Å². The lowest BCUT2D eigenvalue weighted by Crippen LogP contribution is -2.42. The SMILES string of the molecule is [C-]#[N+]Cc1cccc(-c2nc(Nc3ccc(CN4CCNCC4)cc3)c3c(=O)[nH]ncc3n2)c1. The summed E-state index contributed by atoms with van der Waals surface area (Å²) in [6, 6.07) is 15.7. The maximum atomic E-state index is 12.6. The Kier molecular flexibility index (Phi) is 6.25. The normalized spacial score (nSPS) is 14.1. The van der Waals surface area contributed by atoms with Crippen molar-refractivity contribution in [1.29, 1.82) is 0 Å². The fourth-order valence-electron chi connectivity index (χ4n) is 4.08. The van der Waals surface area contributed by atoms with Gasteiger partial charge in [-0.05, 0) is 23.8 Å². The Balaban J connectivity index is 1.47. The van der Waals surface area contributed by atoms with E-state index in [9.17, 15) is 4.79 Å². The Hall–Kier alpha value is -4.13. The van der Waals surface area contributed by atoms with Crippen molar-refractivity contribution in [2.24, 2.45) is 0 Å². The average molecular weight is 453 g/mol. The molecule has 3 N–H and O–H groups in total. The molecule has 5 rings (SSSR count). The Bertz CT molecular complexity index is 1400. The van der Waals surface area contributed by atoms with Gasteiger partial charge >= 0.3 is 0 Å². The van der Waals surface area contributed by atoms with Gasteiger partial charge in [-0.25, -0.2) is 21.6 Å². The lowest BCUT2D eigenvalue weighted by atomic mass is 10.1. The second kappa shape index (κ2) is 9.79. The van der Waals surface area contributed by atoms with Gasteiger partial charge in [-0.1, -0.05) is 30.3 Å². The number of rotatable bonds is 6. The number of H-pyrrole nitrogens is 1. The van der Waals surface area contributed by atoms with E-state index in [2.05, 4.69) is 52.7 Å². The van der Waals surface area contributed by atoms with Crippen LogP contribution < -0.4 is 16.2 Å². The minimum absolute atomic E-state index is 0.286. The second-order valence-corrected chi connectivity index (χ2v) is 8.22. The van der Waals surface area contributed by atoms with E-state index in [1.807, 2.05) is 36.4 Å². The van der Waals surface area contributed by atoms with Crippen LogP contribution in [0, 0.1) is 6.57 Å². The van der Waals surface area contributed by atoms with E-state index in [-0.39, 0.29) is 12.1 Å². The quantitative estimate of drug-likeness (QED) is 0.387. The van der Waals surface area contributed by atoms with Gasteiger partial charge in [-0.3, -0.25) is 9.69 Å². The molecule has 3 heterocycles. The molecule has 0 spiro atoms. The highest BCUT2D eigenvalue weighted by molar-refractivity contribution is 5.91. The van der Waals surface area contributed by atoms with Crippen LogP contribution in [0.25, 0.3) is 27.1 Å². The summed E-state index contributed by atoms with van der Waals surface area (Å²) in [7, 11) is 0. The smallest absolute Gasteiger partial charge is 0.277 e. The summed E-state index contributed by atoms with van der Waals surface area (Å²) in [4.78, 5) is 27.7. The van der Waals surface area contributed by atoms with Crippen LogP contribution in [0.15, 0.2) is 59.5 Å². The highest BCUT2D eigenvalue weighted by atomic mass is 16.1. The van der Waals surface area contributed by atoms with E-state index in [1.165, 1.54) is 11.8 Å². The molecule has 0 aliphatic carbocycles. The minimum Gasteiger partial charge on any atom is -0.339 e. The van der Waals surface area contributed by atoms with Crippen molar-refractivity contribution in [3.8, 4) is 11.4 Å². The molecular formula is C25H24N8O. The van der Waals surface area contributed by atoms with Crippen molar-refractivity contribution in [3.05, 3.63) is 87.6 Å². The monoisotopic (exact) mass is 452 g/mol. The molecule has 2 aromatic carbocycles. The zero-order chi connectivity index (χ0) is 23.3. The van der Waals surface area contributed by atoms with Crippen LogP contribution in [-0.2, 0) is 13.1 Å². The molecule has 1 aliphatic heterocycles. The van der Waals surface area contributed by atoms with Crippen molar-refractivity contribution >= 4 is 22.4 Å². The molecule has 0 atom stereocenters. The predicted octanol–water partition coefficient (Wildman–Crippen LogP) is 2.95. The molecule has 0 amide bonds. The highest BCUT2D eigenvalue weighted by Gasteiger charge is 2.15. The van der Waals surface area contributed by atoms with Crippen LogP contribution in [0.1, 0.15) is 11.1 Å². The van der Waals surface area contributed by atoms with Crippen molar-refractivity contribution in [2.45, 2.75) is 13.1 Å². The predicted molar refractivity (Wildman–Crippen MR) is 132 cm³/mol. The summed E-state index contributed by atoms with van der Waals surface area (Å²) in [6.07, 6.45) is 1.52. The Morgan fingerprint density at radius 3 is 2.68 bits per heavy atom. The van der Waals surface area contributed by atoms with Crippen molar-refractivity contribution in [2.75, 3.05) is 31.5 Å². The zero-order valence-corrected chi connectivity index (χ0v) is 18.6. The van der Waals surface area contributed by atoms with E-state index in [4.69, 9.17) is 6.57 Å². The molecular weight excluding hydrogens is 428 g/mol. The third kappa shape index (κ3) is 4.78. The van der Waals surface area contributed by atoms with Crippen LogP contribution in [0.5, 0.6) is 0 Å². The van der Waals surface area contributed by atoms with Gasteiger partial charge in [0.25, 0.3) is 5.56 Å². The molecule has 1 saturated heterocycles. The van der Waals surface area contributed by atoms with Gasteiger partial charge in [0.05, 0.1) is 6.20 Å². The van der Waals surface area contributed by atoms with Crippen molar-refractivity contribution in [1.82, 2.24) is 30.4 Å². The van der Waals surface area contributed by atoms with Gasteiger partial charge in [-0.15, -0.1) is 0 Å². The first-order chi connectivity index (χ1) is 16.7. The molecule has 0 saturated carbocycles. The van der Waals surface area contributed by atoms with E-state index >= 15 is 0 Å². The third-order valence-electron chi connectivity index (χ3n) is 5.80. The van der Waals surface area contributed by atoms with Gasteiger partial charge in [-0.2, -0.15) is 5.10 Å². The van der Waals surface area contributed by atoms with Crippen LogP contribution in [0.4, 0.5) is 11.5 Å². The number of piperazine rings is 1. The molecule has 9 nitrogen and oxygen atoms in total. The van der Waals surface area contributed by atoms with Gasteiger partial charge in [0.2, 0.25) is 6.54 Å². The van der Waals surface area contributed by atoms with Crippen LogP contribution in [0.3, 0.4) is 0 Å². The molecule has 0 bridgehead atoms. The molecule has 34 heavy (non-hydrogen) atoms. The lowest BCUT2D eigenvalue weighted by molar-refractivity contribution is 0.233. The van der Waals surface area contributed by atoms with E-state index in [0.29, 0.717) is 22.5 Å². The molecule has 0 unspecified atom stereocenters. The maximum absolute atomic E-state index is 12.6. The van der Waals surface area contributed by atoms with Gasteiger partial charge in [0.1, 0.15) is 16.7 Å². The molecule has 0 radical (unpaired) electrons. The van der Waals surface area contributed by atoms with Crippen LogP contribution in [0.2, 0.25) is 0 Å². The summed E-state index contributed by atoms with van der Waals surface area (Å²) in [5, 5.41) is 13.4. The van der Waals surface area contributed by atoms with Gasteiger partial charge < -0.3 is 15.5 Å². The number of fused-ring (bicyclic) bond motifs is 1. The Morgan fingerprint density at radius 2 is 1.88 bits per heavy atom. The summed E-state index contributed by atoms with van der Waals surface area (Å²) in [5.74, 6) is 0.874. The number of benzene rings is 2. The van der Waals surface area contributed by atoms with Crippen LogP contribution >= 0.6 is 0 Å². The van der Waals surface area contributed by atoms with Crippen molar-refractivity contribution < 1.29 is 0 Å². The lowest BCUT2D eigenvalue weighted by Gasteiger charge is -2.27. The third-order valence-corrected chi connectivity index (χ3v) is 5.80. The second-order valence-electron chi connectivity index (χ2n) is 8.22. The fourth-order valence-corrected chi connectivity index (χ4v) is 4.08. The number of aromatic nitrogens is 4. The largest absolute Gasteiger partial charge is 0.339 e. The molecule has 1 aliphatic rings. The number of nitrogens with zero attached hydrogens (tertiary/aromatic N) is 5. The topological polar surface area (TPSA) is 103 Å². The van der Waals surface area contributed by atoms with Gasteiger partial charge in [0.15, 0.2) is 5.82 Å². The summed E-state index contributed by atoms with van der Waals surface area (Å²) < 4.78 is 0. The maximum Gasteiger partial charge on any atom is 0.277 e. The number of nitrogens with one attached hydrogen (secondary N) is 3. The van der Waals surface area contributed by atoms with Crippen LogP contribution in [-0.4, -0.2) is 51.2 Å². The van der Waals surface area contributed by atoms with E-state index in [0.717, 1.165) is 49.5 Å². The number of aromatic amines is 1. The first kappa shape index (κ1) is 21.7. The Morgan fingerprint density at radius 1 is 1.06 bits per heavy atom. The first-order valence-corrected chi connectivity index (χ1v) is 11.2. The van der Waals surface area contributed by atoms with E-state index in [1.54, 1.807) is 0 Å². The minimum atomic E-state index is -0.358. The molecule has 4 aromatic rings. The summed E-state index contributed by atoms with van der Waals surface area (Å²) in [5.41, 5.74) is 3.81. The Labute approximate surface area is 196 Å². The standard InChI is InChI=1S/C25H24N8O/c1-26-14-18-3-2-4-19(13-18)23-30-21-15-28-32-25(34)22(21)24(31-23)29-20-7-5-17(6-8-20)16-33-11-9-27-10-12-33/h2-8,13,15,27H,9-12,14,16H2,(H,32,34)(H,29,30,31). The number of anilines is 2. The number of hydrogen-bond donors (Lipinski definition) is 3. The average Bonchev–Trinajstić information content (AvgIpc) is 2.86. The fraction of sp³-hybridized carbons (Fsp3) is 0.240. The summed E-state index contributed by atoms with van der Waals surface area (Å²) >= 11 is 0. The van der Waals surface area contributed by atoms with Gasteiger partial charge in [0, 0.05) is 49.5 Å². The zero-order valence-electron chi connectivity index (χ0n) is 18.6. The summed E-state index contributed by atoms with van der Waals surface area (Å²) in [6.45, 7) is 12.5. The molecule has 2 aromatic heterocycles. The highest BCUT2D eigenvalue weighted by Crippen LogP contribution is 2.26. The first-order valence-electron chi connectivity index (χ1n) is 11.2. The molecule has 170 valence electrons.